The Morgan fingerprint density at radius 1 is 1.50 bits per heavy atom. The summed E-state index contributed by atoms with van der Waals surface area (Å²) in [4.78, 5) is 16.9. The molecule has 0 fully saturated rings. The molecule has 1 rings (SSSR count). The Bertz CT molecular complexity index is 513. The fourth-order valence-corrected chi connectivity index (χ4v) is 1.36. The van der Waals surface area contributed by atoms with Gasteiger partial charge in [-0.15, -0.1) is 0 Å². The minimum atomic E-state index is -0.620. The van der Waals surface area contributed by atoms with Gasteiger partial charge in [-0.3, -0.25) is 0 Å². The summed E-state index contributed by atoms with van der Waals surface area (Å²) in [5.41, 5.74) is 5.98. The first kappa shape index (κ1) is 13.3. The van der Waals surface area contributed by atoms with E-state index in [-0.39, 0.29) is 24.5 Å². The number of nitriles is 2. The number of hydrogen-bond donors (Lipinski definition) is 1. The summed E-state index contributed by atoms with van der Waals surface area (Å²) >= 11 is 0. The molecule has 0 saturated carbocycles. The number of rotatable bonds is 4. The van der Waals surface area contributed by atoms with Crippen LogP contribution in [0.3, 0.4) is 0 Å². The van der Waals surface area contributed by atoms with Gasteiger partial charge in [-0.25, -0.2) is 9.78 Å². The molecule has 7 nitrogen and oxygen atoms in total. The Balaban J connectivity index is 3.25. The van der Waals surface area contributed by atoms with Crippen molar-refractivity contribution in [3.05, 3.63) is 17.8 Å². The topological polar surface area (TPSA) is 116 Å². The van der Waals surface area contributed by atoms with Crippen LogP contribution in [0, 0.1) is 22.7 Å². The minimum Gasteiger partial charge on any atom is -0.465 e. The Labute approximate surface area is 104 Å². The van der Waals surface area contributed by atoms with Crippen molar-refractivity contribution < 1.29 is 9.53 Å². The molecule has 92 valence electrons. The summed E-state index contributed by atoms with van der Waals surface area (Å²) in [5, 5.41) is 17.4. The van der Waals surface area contributed by atoms with Crippen molar-refractivity contribution in [2.24, 2.45) is 0 Å². The molecule has 0 unspecified atom stereocenters. The van der Waals surface area contributed by atoms with Crippen molar-refractivity contribution >= 4 is 17.5 Å². The van der Waals surface area contributed by atoms with E-state index >= 15 is 0 Å². The number of nitrogens with two attached hydrogens (primary N) is 1. The number of carbonyl (C=O) groups is 1. The molecule has 0 aromatic carbocycles. The molecule has 1 aromatic heterocycles. The van der Waals surface area contributed by atoms with Crippen molar-refractivity contribution in [1.29, 1.82) is 10.5 Å². The second-order valence-corrected chi connectivity index (χ2v) is 3.30. The lowest BCUT2D eigenvalue weighted by Crippen LogP contribution is -2.27. The largest absolute Gasteiger partial charge is 0.465 e. The monoisotopic (exact) mass is 245 g/mol. The minimum absolute atomic E-state index is 0.0610. The number of methoxy groups -OCH3 is 1. The second-order valence-electron chi connectivity index (χ2n) is 3.30. The van der Waals surface area contributed by atoms with Crippen LogP contribution in [0.15, 0.2) is 12.3 Å². The predicted octanol–water partition coefficient (Wildman–Crippen LogP) is 0.304. The van der Waals surface area contributed by atoms with Gasteiger partial charge in [0.2, 0.25) is 0 Å². The molecule has 18 heavy (non-hydrogen) atoms. The zero-order valence-corrected chi connectivity index (χ0v) is 9.75. The van der Waals surface area contributed by atoms with Crippen LogP contribution in [-0.2, 0) is 4.74 Å². The van der Waals surface area contributed by atoms with Crippen LogP contribution >= 0.6 is 0 Å². The first-order valence-corrected chi connectivity index (χ1v) is 4.96. The van der Waals surface area contributed by atoms with Crippen LogP contribution in [0.1, 0.15) is 10.4 Å². The summed E-state index contributed by atoms with van der Waals surface area (Å²) in [7, 11) is 1.23. The van der Waals surface area contributed by atoms with Crippen molar-refractivity contribution in [1.82, 2.24) is 4.98 Å². The molecule has 0 amide bonds. The lowest BCUT2D eigenvalue weighted by atomic mass is 10.2. The molecule has 1 heterocycles. The molecule has 0 aliphatic carbocycles. The van der Waals surface area contributed by atoms with Gasteiger partial charge in [-0.05, 0) is 6.07 Å². The number of aromatic nitrogens is 1. The number of esters is 1. The first-order valence-electron chi connectivity index (χ1n) is 4.96. The van der Waals surface area contributed by atoms with Crippen molar-refractivity contribution in [3.63, 3.8) is 0 Å². The molecule has 1 aromatic rings. The maximum Gasteiger partial charge on any atom is 0.341 e. The zero-order chi connectivity index (χ0) is 13.5. The lowest BCUT2D eigenvalue weighted by molar-refractivity contribution is 0.0601. The van der Waals surface area contributed by atoms with Crippen molar-refractivity contribution in [2.75, 3.05) is 30.8 Å². The zero-order valence-electron chi connectivity index (χ0n) is 9.75. The fraction of sp³-hybridized carbons (Fsp3) is 0.273. The number of anilines is 2. The average Bonchev–Trinajstić information content (AvgIpc) is 2.37. The van der Waals surface area contributed by atoms with Gasteiger partial charge in [-0.1, -0.05) is 0 Å². The molecule has 2 N–H and O–H groups in total. The van der Waals surface area contributed by atoms with Gasteiger partial charge < -0.3 is 15.4 Å². The van der Waals surface area contributed by atoms with Gasteiger partial charge in [0.1, 0.15) is 24.5 Å². The SMILES string of the molecule is COC(=O)c1cc(N)cnc1N(CC#N)CC#N. The van der Waals surface area contributed by atoms with E-state index in [1.54, 1.807) is 0 Å². The summed E-state index contributed by atoms with van der Waals surface area (Å²) in [6.07, 6.45) is 1.35. The maximum atomic E-state index is 11.6. The lowest BCUT2D eigenvalue weighted by Gasteiger charge is -2.19. The number of carbonyl (C=O) groups excluding carboxylic acids is 1. The molecular formula is C11H11N5O2. The molecule has 0 saturated heterocycles. The molecule has 7 heteroatoms. The summed E-state index contributed by atoms with van der Waals surface area (Å²) < 4.78 is 4.61. The summed E-state index contributed by atoms with van der Waals surface area (Å²) in [6, 6.07) is 5.20. The molecule has 0 atom stereocenters. The highest BCUT2D eigenvalue weighted by molar-refractivity contribution is 5.95. The van der Waals surface area contributed by atoms with Gasteiger partial charge in [0, 0.05) is 0 Å². The summed E-state index contributed by atoms with van der Waals surface area (Å²) in [6.45, 7) is -0.122. The fourth-order valence-electron chi connectivity index (χ4n) is 1.36. The normalized spacial score (nSPS) is 9.06. The van der Waals surface area contributed by atoms with Gasteiger partial charge in [0.15, 0.2) is 0 Å². The second kappa shape index (κ2) is 6.06. The Morgan fingerprint density at radius 3 is 2.61 bits per heavy atom. The number of nitrogens with zero attached hydrogens (tertiary/aromatic N) is 4. The average molecular weight is 245 g/mol. The Kier molecular flexibility index (Phi) is 4.47. The highest BCUT2D eigenvalue weighted by Crippen LogP contribution is 2.20. The molecular weight excluding hydrogens is 234 g/mol. The van der Waals surface area contributed by atoms with Crippen LogP contribution in [0.5, 0.6) is 0 Å². The van der Waals surface area contributed by atoms with E-state index in [0.717, 1.165) is 0 Å². The van der Waals surface area contributed by atoms with Crippen LogP contribution in [0.4, 0.5) is 11.5 Å². The van der Waals surface area contributed by atoms with Gasteiger partial charge in [-0.2, -0.15) is 10.5 Å². The van der Waals surface area contributed by atoms with E-state index in [2.05, 4.69) is 9.72 Å². The highest BCUT2D eigenvalue weighted by atomic mass is 16.5. The van der Waals surface area contributed by atoms with E-state index in [9.17, 15) is 4.79 Å². The van der Waals surface area contributed by atoms with Crippen molar-refractivity contribution in [3.8, 4) is 12.1 Å². The summed E-state index contributed by atoms with van der Waals surface area (Å²) in [5.74, 6) is -0.412. The van der Waals surface area contributed by atoms with Crippen LogP contribution in [0.2, 0.25) is 0 Å². The predicted molar refractivity (Wildman–Crippen MR) is 63.4 cm³/mol. The molecule has 0 aliphatic rings. The first-order chi connectivity index (χ1) is 8.63. The van der Waals surface area contributed by atoms with E-state index in [1.165, 1.54) is 24.3 Å². The third-order valence-corrected chi connectivity index (χ3v) is 2.12. The molecule has 0 aliphatic heterocycles. The number of nitrogen functional groups attached to an aromatic ring is 1. The van der Waals surface area contributed by atoms with Crippen molar-refractivity contribution in [2.45, 2.75) is 0 Å². The quantitative estimate of drug-likeness (QED) is 0.599. The molecule has 0 radical (unpaired) electrons. The van der Waals surface area contributed by atoms with Gasteiger partial charge >= 0.3 is 5.97 Å². The van der Waals surface area contributed by atoms with E-state index in [1.807, 2.05) is 12.1 Å². The smallest absolute Gasteiger partial charge is 0.341 e. The number of pyridine rings is 1. The van der Waals surface area contributed by atoms with Crippen LogP contribution in [0.25, 0.3) is 0 Å². The Morgan fingerprint density at radius 2 is 2.11 bits per heavy atom. The third-order valence-electron chi connectivity index (χ3n) is 2.12. The number of hydrogen-bond acceptors (Lipinski definition) is 7. The van der Waals surface area contributed by atoms with E-state index in [0.29, 0.717) is 5.69 Å². The third kappa shape index (κ3) is 2.86. The van der Waals surface area contributed by atoms with E-state index < -0.39 is 5.97 Å². The number of ether oxygens (including phenoxy) is 1. The molecule has 0 bridgehead atoms. The van der Waals surface area contributed by atoms with E-state index in [4.69, 9.17) is 16.3 Å². The maximum absolute atomic E-state index is 11.6. The van der Waals surface area contributed by atoms with Gasteiger partial charge in [0.05, 0.1) is 31.1 Å². The van der Waals surface area contributed by atoms with Crippen LogP contribution in [-0.4, -0.2) is 31.2 Å². The Hall–Kier alpha value is -2.80. The standard InChI is InChI=1S/C11H11N5O2/c1-18-11(17)9-6-8(14)7-15-10(9)16(4-2-12)5-3-13/h6-7H,4-5,14H2,1H3. The molecule has 0 spiro atoms. The van der Waals surface area contributed by atoms with Gasteiger partial charge in [0.25, 0.3) is 0 Å². The van der Waals surface area contributed by atoms with Crippen LogP contribution < -0.4 is 10.6 Å². The highest BCUT2D eigenvalue weighted by Gasteiger charge is 2.19.